The number of nitrogens with zero attached hydrogens (tertiary/aromatic N) is 1. The van der Waals surface area contributed by atoms with Crippen LogP contribution in [-0.4, -0.2) is 54.5 Å². The molecule has 23 heavy (non-hydrogen) atoms. The van der Waals surface area contributed by atoms with E-state index in [0.29, 0.717) is 24.6 Å². The van der Waals surface area contributed by atoms with Crippen molar-refractivity contribution >= 4 is 6.03 Å². The summed E-state index contributed by atoms with van der Waals surface area (Å²) in [7, 11) is 0. The zero-order valence-corrected chi connectivity index (χ0v) is 14.8. The highest BCUT2D eigenvalue weighted by Crippen LogP contribution is 2.34. The highest BCUT2D eigenvalue weighted by atomic mass is 16.6. The van der Waals surface area contributed by atoms with Crippen LogP contribution in [0.1, 0.15) is 59.3 Å². The van der Waals surface area contributed by atoms with Crippen LogP contribution in [0.2, 0.25) is 0 Å². The third-order valence-electron chi connectivity index (χ3n) is 5.97. The number of rotatable bonds is 5. The Balaban J connectivity index is 1.60. The molecule has 4 unspecified atom stereocenters. The second-order valence-corrected chi connectivity index (χ2v) is 7.74. The molecule has 1 aliphatic carbocycles. The van der Waals surface area contributed by atoms with Crippen molar-refractivity contribution in [3.63, 3.8) is 0 Å². The molecule has 0 aromatic heterocycles. The molecule has 1 N–H and O–H groups in total. The first kappa shape index (κ1) is 17.0. The van der Waals surface area contributed by atoms with E-state index in [9.17, 15) is 4.79 Å². The van der Waals surface area contributed by atoms with Crippen LogP contribution in [0.3, 0.4) is 0 Å². The summed E-state index contributed by atoms with van der Waals surface area (Å²) in [6.45, 7) is 8.81. The fourth-order valence-electron chi connectivity index (χ4n) is 3.91. The van der Waals surface area contributed by atoms with Crippen LogP contribution in [0.15, 0.2) is 0 Å². The summed E-state index contributed by atoms with van der Waals surface area (Å²) in [6.07, 6.45) is 6.16. The highest BCUT2D eigenvalue weighted by molar-refractivity contribution is 5.75. The molecule has 3 aliphatic rings. The molecule has 3 fully saturated rings. The van der Waals surface area contributed by atoms with E-state index in [4.69, 9.17) is 9.47 Å². The summed E-state index contributed by atoms with van der Waals surface area (Å²) >= 11 is 0. The third-order valence-corrected chi connectivity index (χ3v) is 5.97. The number of nitrogens with one attached hydrogen (secondary N) is 1. The van der Waals surface area contributed by atoms with Gasteiger partial charge in [-0.3, -0.25) is 0 Å². The van der Waals surface area contributed by atoms with E-state index in [2.05, 4.69) is 31.0 Å². The minimum absolute atomic E-state index is 0.126. The van der Waals surface area contributed by atoms with Gasteiger partial charge in [-0.25, -0.2) is 4.79 Å². The molecule has 1 saturated carbocycles. The average Bonchev–Trinajstić information content (AvgIpc) is 3.27. The zero-order valence-electron chi connectivity index (χ0n) is 14.8. The first-order chi connectivity index (χ1) is 11.0. The number of hydrogen-bond acceptors (Lipinski definition) is 3. The lowest BCUT2D eigenvalue weighted by molar-refractivity contribution is -0.0882. The van der Waals surface area contributed by atoms with Gasteiger partial charge in [0.15, 0.2) is 0 Å². The standard InChI is InChI=1S/C18H32N2O3/c1-4-13(2)14(3)20(16-5-6-16)17(21)19-15-7-9-23-18(11-15)8-10-22-12-18/h13-16H,4-12H2,1-3H3,(H,19,21). The maximum Gasteiger partial charge on any atom is 0.318 e. The van der Waals surface area contributed by atoms with Crippen molar-refractivity contribution in [2.24, 2.45) is 5.92 Å². The predicted octanol–water partition coefficient (Wildman–Crippen LogP) is 2.93. The van der Waals surface area contributed by atoms with E-state index in [1.165, 1.54) is 0 Å². The number of carbonyl (C=O) groups excluding carboxylic acids is 1. The first-order valence-corrected chi connectivity index (χ1v) is 9.35. The van der Waals surface area contributed by atoms with Crippen molar-refractivity contribution in [1.29, 1.82) is 0 Å². The number of amides is 2. The molecule has 2 amide bonds. The van der Waals surface area contributed by atoms with E-state index < -0.39 is 0 Å². The van der Waals surface area contributed by atoms with Gasteiger partial charge in [0.1, 0.15) is 0 Å². The quantitative estimate of drug-likeness (QED) is 0.846. The molecule has 0 radical (unpaired) electrons. The monoisotopic (exact) mass is 324 g/mol. The molecule has 1 spiro atoms. The molecule has 0 aromatic carbocycles. The van der Waals surface area contributed by atoms with Crippen LogP contribution in [0, 0.1) is 5.92 Å². The molecule has 2 heterocycles. The van der Waals surface area contributed by atoms with Gasteiger partial charge in [-0.2, -0.15) is 0 Å². The molecular formula is C18H32N2O3. The van der Waals surface area contributed by atoms with Crippen LogP contribution in [-0.2, 0) is 9.47 Å². The van der Waals surface area contributed by atoms with Crippen molar-refractivity contribution in [3.8, 4) is 0 Å². The van der Waals surface area contributed by atoms with Gasteiger partial charge in [-0.15, -0.1) is 0 Å². The Morgan fingerprint density at radius 1 is 1.30 bits per heavy atom. The van der Waals surface area contributed by atoms with Crippen molar-refractivity contribution < 1.29 is 14.3 Å². The van der Waals surface area contributed by atoms with Crippen molar-refractivity contribution in [2.45, 2.75) is 83.0 Å². The summed E-state index contributed by atoms with van der Waals surface area (Å²) in [5.74, 6) is 0.533. The third kappa shape index (κ3) is 3.82. The molecule has 4 atom stereocenters. The summed E-state index contributed by atoms with van der Waals surface area (Å²) in [6, 6.07) is 1.09. The van der Waals surface area contributed by atoms with Gasteiger partial charge in [0.25, 0.3) is 0 Å². The Labute approximate surface area is 140 Å². The van der Waals surface area contributed by atoms with E-state index in [1.807, 2.05) is 0 Å². The second-order valence-electron chi connectivity index (χ2n) is 7.74. The lowest BCUT2D eigenvalue weighted by Crippen LogP contribution is -2.55. The Hall–Kier alpha value is -0.810. The van der Waals surface area contributed by atoms with Gasteiger partial charge in [-0.05, 0) is 38.5 Å². The van der Waals surface area contributed by atoms with Crippen LogP contribution in [0.4, 0.5) is 4.79 Å². The SMILES string of the molecule is CCC(C)C(C)N(C(=O)NC1CCOC2(CCOC2)C1)C1CC1. The normalized spacial score (nSPS) is 33.4. The molecule has 3 rings (SSSR count). The maximum atomic E-state index is 12.9. The summed E-state index contributed by atoms with van der Waals surface area (Å²) < 4.78 is 11.5. The van der Waals surface area contributed by atoms with E-state index in [1.54, 1.807) is 0 Å². The van der Waals surface area contributed by atoms with E-state index >= 15 is 0 Å². The van der Waals surface area contributed by atoms with Gasteiger partial charge in [0, 0.05) is 37.8 Å². The minimum atomic E-state index is -0.150. The molecule has 2 saturated heterocycles. The Morgan fingerprint density at radius 2 is 2.09 bits per heavy atom. The minimum Gasteiger partial charge on any atom is -0.378 e. The molecule has 5 nitrogen and oxygen atoms in total. The molecule has 5 heteroatoms. The van der Waals surface area contributed by atoms with Crippen molar-refractivity contribution in [3.05, 3.63) is 0 Å². The fraction of sp³-hybridized carbons (Fsp3) is 0.944. The Kier molecular flexibility index (Phi) is 5.16. The number of carbonyl (C=O) groups is 1. The van der Waals surface area contributed by atoms with Crippen LogP contribution in [0.25, 0.3) is 0 Å². The van der Waals surface area contributed by atoms with Crippen LogP contribution in [0.5, 0.6) is 0 Å². The molecular weight excluding hydrogens is 292 g/mol. The maximum absolute atomic E-state index is 12.9. The Bertz CT molecular complexity index is 418. The lowest BCUT2D eigenvalue weighted by atomic mass is 9.90. The lowest BCUT2D eigenvalue weighted by Gasteiger charge is -2.39. The number of hydrogen-bond donors (Lipinski definition) is 1. The topological polar surface area (TPSA) is 50.8 Å². The van der Waals surface area contributed by atoms with Crippen LogP contribution >= 0.6 is 0 Å². The van der Waals surface area contributed by atoms with Gasteiger partial charge >= 0.3 is 6.03 Å². The average molecular weight is 324 g/mol. The Morgan fingerprint density at radius 3 is 2.70 bits per heavy atom. The largest absolute Gasteiger partial charge is 0.378 e. The zero-order chi connectivity index (χ0) is 16.4. The first-order valence-electron chi connectivity index (χ1n) is 9.35. The van der Waals surface area contributed by atoms with Gasteiger partial charge < -0.3 is 19.7 Å². The molecule has 0 aromatic rings. The summed E-state index contributed by atoms with van der Waals surface area (Å²) in [5, 5.41) is 3.30. The molecule has 132 valence electrons. The van der Waals surface area contributed by atoms with E-state index in [-0.39, 0.29) is 17.7 Å². The summed E-state index contributed by atoms with van der Waals surface area (Å²) in [4.78, 5) is 15.0. The van der Waals surface area contributed by atoms with Crippen LogP contribution < -0.4 is 5.32 Å². The van der Waals surface area contributed by atoms with E-state index in [0.717, 1.165) is 51.7 Å². The van der Waals surface area contributed by atoms with Gasteiger partial charge in [0.2, 0.25) is 0 Å². The molecule has 0 bridgehead atoms. The number of ether oxygens (including phenoxy) is 2. The summed E-state index contributed by atoms with van der Waals surface area (Å²) in [5.41, 5.74) is -0.150. The number of urea groups is 1. The van der Waals surface area contributed by atoms with Crippen molar-refractivity contribution in [2.75, 3.05) is 19.8 Å². The highest BCUT2D eigenvalue weighted by Gasteiger charge is 2.43. The predicted molar refractivity (Wildman–Crippen MR) is 89.5 cm³/mol. The second kappa shape index (κ2) is 6.98. The fourth-order valence-corrected chi connectivity index (χ4v) is 3.91. The van der Waals surface area contributed by atoms with Gasteiger partial charge in [-0.1, -0.05) is 20.3 Å². The van der Waals surface area contributed by atoms with Crippen molar-refractivity contribution in [1.82, 2.24) is 10.2 Å². The molecule has 2 aliphatic heterocycles. The smallest absolute Gasteiger partial charge is 0.318 e. The van der Waals surface area contributed by atoms with Gasteiger partial charge in [0.05, 0.1) is 12.2 Å².